The van der Waals surface area contributed by atoms with Crippen LogP contribution in [0.3, 0.4) is 0 Å². The van der Waals surface area contributed by atoms with Crippen molar-refractivity contribution >= 4 is 22.2 Å². The molecule has 1 atom stereocenters. The van der Waals surface area contributed by atoms with Gasteiger partial charge in [-0.25, -0.2) is 0 Å². The average molecular weight is 212 g/mol. The van der Waals surface area contributed by atoms with E-state index in [4.69, 9.17) is 5.73 Å². The minimum Gasteiger partial charge on any atom is -0.397 e. The van der Waals surface area contributed by atoms with Gasteiger partial charge in [0, 0.05) is 29.4 Å². The highest BCUT2D eigenvalue weighted by atomic mass is 32.2. The summed E-state index contributed by atoms with van der Waals surface area (Å²) >= 11 is 0. The Morgan fingerprint density at radius 2 is 2.21 bits per heavy atom. The second-order valence-electron chi connectivity index (χ2n) is 3.24. The Morgan fingerprint density at radius 3 is 2.86 bits per heavy atom. The molecule has 1 aromatic carbocycles. The second-order valence-corrected chi connectivity index (χ2v) is 4.79. The van der Waals surface area contributed by atoms with Crippen molar-refractivity contribution in [3.05, 3.63) is 23.8 Å². The van der Waals surface area contributed by atoms with Gasteiger partial charge in [-0.15, -0.1) is 0 Å². The van der Waals surface area contributed by atoms with Gasteiger partial charge in [0.1, 0.15) is 0 Å². The van der Waals surface area contributed by atoms with Gasteiger partial charge in [-0.3, -0.25) is 4.21 Å². The molecule has 1 aromatic rings. The van der Waals surface area contributed by atoms with Crippen molar-refractivity contribution in [2.75, 3.05) is 29.6 Å². The van der Waals surface area contributed by atoms with Gasteiger partial charge in [-0.1, -0.05) is 12.1 Å². The van der Waals surface area contributed by atoms with E-state index in [2.05, 4.69) is 5.32 Å². The highest BCUT2D eigenvalue weighted by Crippen LogP contribution is 2.21. The van der Waals surface area contributed by atoms with Crippen LogP contribution in [0, 0.1) is 6.92 Å². The summed E-state index contributed by atoms with van der Waals surface area (Å²) in [5, 5.41) is 3.17. The predicted molar refractivity (Wildman–Crippen MR) is 63.0 cm³/mol. The van der Waals surface area contributed by atoms with Gasteiger partial charge in [0.2, 0.25) is 0 Å². The van der Waals surface area contributed by atoms with Crippen molar-refractivity contribution in [2.45, 2.75) is 6.92 Å². The molecule has 3 nitrogen and oxygen atoms in total. The summed E-state index contributed by atoms with van der Waals surface area (Å²) < 4.78 is 10.8. The quantitative estimate of drug-likeness (QED) is 0.741. The molecule has 0 aliphatic heterocycles. The molecule has 0 fully saturated rings. The number of nitrogens with two attached hydrogens (primary N) is 1. The van der Waals surface area contributed by atoms with Crippen LogP contribution in [-0.2, 0) is 10.8 Å². The summed E-state index contributed by atoms with van der Waals surface area (Å²) in [4.78, 5) is 0. The van der Waals surface area contributed by atoms with Crippen LogP contribution in [0.1, 0.15) is 5.56 Å². The molecule has 0 saturated carbocycles. The molecule has 1 rings (SSSR count). The first-order valence-electron chi connectivity index (χ1n) is 4.50. The monoisotopic (exact) mass is 212 g/mol. The SMILES string of the molecule is Cc1cccc(NCCS(C)=O)c1N. The van der Waals surface area contributed by atoms with E-state index >= 15 is 0 Å². The van der Waals surface area contributed by atoms with Gasteiger partial charge < -0.3 is 11.1 Å². The third kappa shape index (κ3) is 3.03. The van der Waals surface area contributed by atoms with Gasteiger partial charge in [-0.05, 0) is 18.6 Å². The fraction of sp³-hybridized carbons (Fsp3) is 0.400. The van der Waals surface area contributed by atoms with Crippen LogP contribution in [0.5, 0.6) is 0 Å². The van der Waals surface area contributed by atoms with E-state index < -0.39 is 10.8 Å². The number of anilines is 2. The highest BCUT2D eigenvalue weighted by molar-refractivity contribution is 7.84. The maximum atomic E-state index is 10.8. The highest BCUT2D eigenvalue weighted by Gasteiger charge is 2.00. The number of benzene rings is 1. The topological polar surface area (TPSA) is 55.1 Å². The Hall–Kier alpha value is -1.03. The molecule has 14 heavy (non-hydrogen) atoms. The number of nitrogens with one attached hydrogen (secondary N) is 1. The first kappa shape index (κ1) is 11.0. The van der Waals surface area contributed by atoms with Crippen LogP contribution in [0.25, 0.3) is 0 Å². The first-order chi connectivity index (χ1) is 6.61. The third-order valence-corrected chi connectivity index (χ3v) is 2.81. The lowest BCUT2D eigenvalue weighted by Gasteiger charge is -2.10. The number of rotatable bonds is 4. The molecule has 78 valence electrons. The lowest BCUT2D eigenvalue weighted by Crippen LogP contribution is -2.11. The summed E-state index contributed by atoms with van der Waals surface area (Å²) in [7, 11) is -0.755. The summed E-state index contributed by atoms with van der Waals surface area (Å²) in [6, 6.07) is 5.86. The van der Waals surface area contributed by atoms with Crippen molar-refractivity contribution in [3.63, 3.8) is 0 Å². The lowest BCUT2D eigenvalue weighted by molar-refractivity contribution is 0.687. The summed E-state index contributed by atoms with van der Waals surface area (Å²) in [6.07, 6.45) is 1.70. The normalized spacial score (nSPS) is 12.4. The van der Waals surface area contributed by atoms with E-state index in [-0.39, 0.29) is 0 Å². The number of aryl methyl sites for hydroxylation is 1. The van der Waals surface area contributed by atoms with Gasteiger partial charge in [-0.2, -0.15) is 0 Å². The number of hydrogen-bond acceptors (Lipinski definition) is 3. The standard InChI is InChI=1S/C10H16N2OS/c1-8-4-3-5-9(10(8)11)12-6-7-14(2)13/h3-5,12H,6-7,11H2,1-2H3. The van der Waals surface area contributed by atoms with E-state index in [9.17, 15) is 4.21 Å². The molecule has 0 saturated heterocycles. The first-order valence-corrected chi connectivity index (χ1v) is 6.23. The van der Waals surface area contributed by atoms with E-state index in [0.29, 0.717) is 12.3 Å². The molecule has 0 aliphatic carbocycles. The molecule has 0 aromatic heterocycles. The summed E-state index contributed by atoms with van der Waals surface area (Å²) in [5.74, 6) is 0.646. The number of nitrogen functional groups attached to an aromatic ring is 1. The molecule has 4 heteroatoms. The average Bonchev–Trinajstić information content (AvgIpc) is 2.12. The Kier molecular flexibility index (Phi) is 3.95. The zero-order valence-corrected chi connectivity index (χ0v) is 9.36. The van der Waals surface area contributed by atoms with Crippen molar-refractivity contribution in [1.82, 2.24) is 0 Å². The molecule has 0 radical (unpaired) electrons. The van der Waals surface area contributed by atoms with Crippen molar-refractivity contribution in [2.24, 2.45) is 0 Å². The Balaban J connectivity index is 2.59. The Labute approximate surface area is 87.2 Å². The van der Waals surface area contributed by atoms with Crippen molar-refractivity contribution in [3.8, 4) is 0 Å². The van der Waals surface area contributed by atoms with E-state index in [1.54, 1.807) is 6.26 Å². The Morgan fingerprint density at radius 1 is 1.50 bits per heavy atom. The molecule has 0 spiro atoms. The molecule has 0 aliphatic rings. The largest absolute Gasteiger partial charge is 0.397 e. The molecular weight excluding hydrogens is 196 g/mol. The van der Waals surface area contributed by atoms with Crippen LogP contribution in [-0.4, -0.2) is 22.8 Å². The van der Waals surface area contributed by atoms with E-state index in [0.717, 1.165) is 16.9 Å². The molecule has 0 heterocycles. The predicted octanol–water partition coefficient (Wildman–Crippen LogP) is 1.37. The molecule has 0 bridgehead atoms. The maximum absolute atomic E-state index is 10.8. The lowest BCUT2D eigenvalue weighted by atomic mass is 10.2. The van der Waals surface area contributed by atoms with Crippen molar-refractivity contribution < 1.29 is 4.21 Å². The van der Waals surface area contributed by atoms with Gasteiger partial charge in [0.05, 0.1) is 11.4 Å². The third-order valence-electron chi connectivity index (χ3n) is 2.03. The van der Waals surface area contributed by atoms with Crippen LogP contribution in [0.15, 0.2) is 18.2 Å². The zero-order valence-electron chi connectivity index (χ0n) is 8.54. The fourth-order valence-corrected chi connectivity index (χ4v) is 1.55. The minimum atomic E-state index is -0.755. The second kappa shape index (κ2) is 5.00. The van der Waals surface area contributed by atoms with Gasteiger partial charge in [0.15, 0.2) is 0 Å². The van der Waals surface area contributed by atoms with Crippen LogP contribution < -0.4 is 11.1 Å². The summed E-state index contributed by atoms with van der Waals surface area (Å²) in [5.41, 5.74) is 8.62. The minimum absolute atomic E-state index is 0.646. The zero-order chi connectivity index (χ0) is 10.6. The fourth-order valence-electron chi connectivity index (χ4n) is 1.16. The Bertz CT molecular complexity index is 339. The molecule has 0 amide bonds. The van der Waals surface area contributed by atoms with E-state index in [1.807, 2.05) is 25.1 Å². The smallest absolute Gasteiger partial charge is 0.0579 e. The molecule has 3 N–H and O–H groups in total. The number of para-hydroxylation sites is 1. The molecule has 1 unspecified atom stereocenters. The summed E-state index contributed by atoms with van der Waals surface area (Å²) in [6.45, 7) is 2.66. The van der Waals surface area contributed by atoms with Gasteiger partial charge >= 0.3 is 0 Å². The molecular formula is C10H16N2OS. The maximum Gasteiger partial charge on any atom is 0.0579 e. The van der Waals surface area contributed by atoms with Gasteiger partial charge in [0.25, 0.3) is 0 Å². The van der Waals surface area contributed by atoms with Crippen LogP contribution >= 0.6 is 0 Å². The number of hydrogen-bond donors (Lipinski definition) is 2. The van der Waals surface area contributed by atoms with Crippen molar-refractivity contribution in [1.29, 1.82) is 0 Å². The van der Waals surface area contributed by atoms with Crippen LogP contribution in [0.2, 0.25) is 0 Å². The van der Waals surface area contributed by atoms with Crippen LogP contribution in [0.4, 0.5) is 11.4 Å². The van der Waals surface area contributed by atoms with E-state index in [1.165, 1.54) is 0 Å².